The second-order valence-electron chi connectivity index (χ2n) is 8.01. The van der Waals surface area contributed by atoms with Gasteiger partial charge in [-0.1, -0.05) is 47.5 Å². The SMILES string of the molecule is CN(C)C12CC(=O)C(C(c3ccc(Cl)cc3)C1)C(c1ccc(Cl)cc1)C2. The van der Waals surface area contributed by atoms with Gasteiger partial charge in [0.1, 0.15) is 5.78 Å². The van der Waals surface area contributed by atoms with Gasteiger partial charge in [-0.25, -0.2) is 0 Å². The third-order valence-corrected chi connectivity index (χ3v) is 6.99. The monoisotopic (exact) mass is 387 g/mol. The van der Waals surface area contributed by atoms with Crippen LogP contribution in [0.3, 0.4) is 0 Å². The fraction of sp³-hybridized carbons (Fsp3) is 0.409. The smallest absolute Gasteiger partial charge is 0.139 e. The van der Waals surface area contributed by atoms with Gasteiger partial charge in [-0.3, -0.25) is 4.79 Å². The van der Waals surface area contributed by atoms with E-state index in [1.54, 1.807) is 0 Å². The van der Waals surface area contributed by atoms with Gasteiger partial charge in [-0.05, 0) is 74.2 Å². The molecule has 0 radical (unpaired) electrons. The maximum Gasteiger partial charge on any atom is 0.139 e. The zero-order valence-electron chi connectivity index (χ0n) is 15.1. The van der Waals surface area contributed by atoms with Crippen LogP contribution in [0.15, 0.2) is 48.5 Å². The molecule has 0 heterocycles. The molecule has 3 aliphatic rings. The number of rotatable bonds is 3. The number of benzene rings is 2. The third kappa shape index (κ3) is 2.98. The minimum Gasteiger partial charge on any atom is -0.303 e. The molecule has 4 heteroatoms. The Labute approximate surface area is 165 Å². The van der Waals surface area contributed by atoms with Gasteiger partial charge in [0.25, 0.3) is 0 Å². The molecule has 136 valence electrons. The van der Waals surface area contributed by atoms with Crippen LogP contribution >= 0.6 is 23.2 Å². The first-order valence-corrected chi connectivity index (χ1v) is 9.86. The zero-order chi connectivity index (χ0) is 18.5. The minimum atomic E-state index is -0.0829. The number of carbonyl (C=O) groups excluding carboxylic acids is 1. The van der Waals surface area contributed by atoms with Gasteiger partial charge in [0.2, 0.25) is 0 Å². The fourth-order valence-corrected chi connectivity index (χ4v) is 5.32. The molecule has 0 spiro atoms. The van der Waals surface area contributed by atoms with Gasteiger partial charge < -0.3 is 4.90 Å². The Kier molecular flexibility index (Phi) is 4.63. The number of fused-ring (bicyclic) bond motifs is 3. The lowest BCUT2D eigenvalue weighted by Gasteiger charge is -2.56. The molecule has 2 bridgehead atoms. The summed E-state index contributed by atoms with van der Waals surface area (Å²) in [6, 6.07) is 16.1. The van der Waals surface area contributed by atoms with E-state index in [9.17, 15) is 4.79 Å². The molecular weight excluding hydrogens is 365 g/mol. The van der Waals surface area contributed by atoms with E-state index in [4.69, 9.17) is 23.2 Å². The Balaban J connectivity index is 1.79. The van der Waals surface area contributed by atoms with Crippen LogP contribution in [0.4, 0.5) is 0 Å². The van der Waals surface area contributed by atoms with Crippen LogP contribution in [0.2, 0.25) is 10.0 Å². The number of carbonyl (C=O) groups is 1. The standard InChI is InChI=1S/C22H23Cl2NO/c1-25(2)22-11-18(14-3-7-16(23)8-4-14)21(20(26)13-22)19(12-22)15-5-9-17(24)10-6-15/h3-10,18-19,21H,11-13H2,1-2H3. The highest BCUT2D eigenvalue weighted by Gasteiger charge is 2.56. The normalized spacial score (nSPS) is 30.8. The van der Waals surface area contributed by atoms with Gasteiger partial charge in [-0.15, -0.1) is 0 Å². The molecule has 0 amide bonds. The largest absolute Gasteiger partial charge is 0.303 e. The Morgan fingerprint density at radius 3 is 1.65 bits per heavy atom. The van der Waals surface area contributed by atoms with E-state index >= 15 is 0 Å². The molecule has 2 atom stereocenters. The summed E-state index contributed by atoms with van der Waals surface area (Å²) < 4.78 is 0. The van der Waals surface area contributed by atoms with Crippen molar-refractivity contribution in [2.45, 2.75) is 36.6 Å². The second-order valence-corrected chi connectivity index (χ2v) is 8.88. The second kappa shape index (κ2) is 6.67. The zero-order valence-corrected chi connectivity index (χ0v) is 16.6. The number of hydrogen-bond acceptors (Lipinski definition) is 2. The van der Waals surface area contributed by atoms with Crippen molar-refractivity contribution in [3.63, 3.8) is 0 Å². The Morgan fingerprint density at radius 1 is 0.846 bits per heavy atom. The lowest BCUT2D eigenvalue weighted by atomic mass is 9.52. The van der Waals surface area contributed by atoms with Crippen LogP contribution in [0.5, 0.6) is 0 Å². The van der Waals surface area contributed by atoms with Crippen LogP contribution in [0.1, 0.15) is 42.2 Å². The van der Waals surface area contributed by atoms with Crippen LogP contribution in [-0.2, 0) is 4.79 Å². The molecule has 0 aliphatic heterocycles. The number of Topliss-reactive ketones (excluding diaryl/α,β-unsaturated/α-hetero) is 1. The Hall–Kier alpha value is -1.35. The number of nitrogens with zero attached hydrogens (tertiary/aromatic N) is 1. The molecule has 5 rings (SSSR count). The molecule has 0 N–H and O–H groups in total. The number of hydrogen-bond donors (Lipinski definition) is 0. The summed E-state index contributed by atoms with van der Waals surface area (Å²) in [6.45, 7) is 0. The summed E-state index contributed by atoms with van der Waals surface area (Å²) in [5, 5.41) is 1.47. The van der Waals surface area contributed by atoms with Gasteiger partial charge in [0, 0.05) is 27.9 Å². The quantitative estimate of drug-likeness (QED) is 0.688. The molecule has 2 unspecified atom stereocenters. The van der Waals surface area contributed by atoms with Crippen molar-refractivity contribution in [2.24, 2.45) is 5.92 Å². The molecule has 2 aromatic rings. The number of ketones is 1. The van der Waals surface area contributed by atoms with Crippen LogP contribution in [0.25, 0.3) is 0 Å². The van der Waals surface area contributed by atoms with Crippen molar-refractivity contribution in [1.82, 2.24) is 4.90 Å². The van der Waals surface area contributed by atoms with Crippen molar-refractivity contribution < 1.29 is 4.79 Å². The topological polar surface area (TPSA) is 20.3 Å². The van der Waals surface area contributed by atoms with Crippen molar-refractivity contribution in [3.05, 3.63) is 69.7 Å². The lowest BCUT2D eigenvalue weighted by Crippen LogP contribution is -2.59. The molecule has 0 saturated heterocycles. The summed E-state index contributed by atoms with van der Waals surface area (Å²) in [5.74, 6) is 0.867. The van der Waals surface area contributed by atoms with Crippen molar-refractivity contribution in [2.75, 3.05) is 14.1 Å². The first-order valence-electron chi connectivity index (χ1n) is 9.11. The molecule has 3 fully saturated rings. The van der Waals surface area contributed by atoms with E-state index < -0.39 is 0 Å². The van der Waals surface area contributed by atoms with Gasteiger partial charge in [0.15, 0.2) is 0 Å². The van der Waals surface area contributed by atoms with E-state index in [1.165, 1.54) is 11.1 Å². The van der Waals surface area contributed by atoms with Crippen LogP contribution in [-0.4, -0.2) is 30.3 Å². The highest BCUT2D eigenvalue weighted by Crippen LogP contribution is 2.57. The highest BCUT2D eigenvalue weighted by atomic mass is 35.5. The summed E-state index contributed by atoms with van der Waals surface area (Å²) in [4.78, 5) is 15.5. The van der Waals surface area contributed by atoms with Gasteiger partial charge in [-0.2, -0.15) is 0 Å². The fourth-order valence-electron chi connectivity index (χ4n) is 5.07. The van der Waals surface area contributed by atoms with E-state index in [0.717, 1.165) is 22.9 Å². The van der Waals surface area contributed by atoms with E-state index in [2.05, 4.69) is 43.3 Å². The van der Waals surface area contributed by atoms with E-state index in [0.29, 0.717) is 12.2 Å². The maximum atomic E-state index is 13.2. The predicted molar refractivity (Wildman–Crippen MR) is 107 cm³/mol. The van der Waals surface area contributed by atoms with Crippen molar-refractivity contribution in [1.29, 1.82) is 0 Å². The van der Waals surface area contributed by atoms with Gasteiger partial charge in [0.05, 0.1) is 0 Å². The molecule has 2 nitrogen and oxygen atoms in total. The average molecular weight is 388 g/mol. The minimum absolute atomic E-state index is 0.0270. The van der Waals surface area contributed by atoms with Crippen LogP contribution in [0, 0.1) is 5.92 Å². The summed E-state index contributed by atoms with van der Waals surface area (Å²) in [7, 11) is 4.22. The Morgan fingerprint density at radius 2 is 1.27 bits per heavy atom. The summed E-state index contributed by atoms with van der Waals surface area (Å²) >= 11 is 12.2. The highest BCUT2D eigenvalue weighted by molar-refractivity contribution is 6.30. The van der Waals surface area contributed by atoms with E-state index in [-0.39, 0.29) is 23.3 Å². The number of halogens is 2. The Bertz CT molecular complexity index is 758. The van der Waals surface area contributed by atoms with E-state index in [1.807, 2.05) is 24.3 Å². The molecule has 3 aliphatic carbocycles. The van der Waals surface area contributed by atoms with Gasteiger partial charge >= 0.3 is 0 Å². The van der Waals surface area contributed by atoms with Crippen molar-refractivity contribution >= 4 is 29.0 Å². The lowest BCUT2D eigenvalue weighted by molar-refractivity contribution is -0.138. The first-order chi connectivity index (χ1) is 12.4. The molecular formula is C22H23Cl2NO. The molecule has 0 aromatic heterocycles. The average Bonchev–Trinajstić information content (AvgIpc) is 2.62. The third-order valence-electron chi connectivity index (χ3n) is 6.49. The summed E-state index contributed by atoms with van der Waals surface area (Å²) in [6.07, 6.45) is 2.68. The maximum absolute atomic E-state index is 13.2. The molecule has 3 saturated carbocycles. The predicted octanol–water partition coefficient (Wildman–Crippen LogP) is 5.54. The summed E-state index contributed by atoms with van der Waals surface area (Å²) in [5.41, 5.74) is 2.36. The molecule has 26 heavy (non-hydrogen) atoms. The van der Waals surface area contributed by atoms with Crippen molar-refractivity contribution in [3.8, 4) is 0 Å². The molecule has 2 aromatic carbocycles. The first kappa shape index (κ1) is 18.0. The van der Waals surface area contributed by atoms with Crippen LogP contribution < -0.4 is 0 Å².